The Kier molecular flexibility index (Phi) is 4.73. The van der Waals surface area contributed by atoms with E-state index in [9.17, 15) is 13.2 Å². The molecule has 0 amide bonds. The molecule has 128 valence electrons. The van der Waals surface area contributed by atoms with Gasteiger partial charge in [-0.15, -0.1) is 10.2 Å². The molecule has 0 aliphatic heterocycles. The Bertz CT molecular complexity index is 997. The molecule has 2 aromatic carbocycles. The fourth-order valence-corrected chi connectivity index (χ4v) is 3.16. The summed E-state index contributed by atoms with van der Waals surface area (Å²) >= 11 is 0. The second-order valence-corrected chi connectivity index (χ2v) is 7.04. The number of aromatic nitrogens is 2. The molecule has 0 aliphatic carbocycles. The third-order valence-electron chi connectivity index (χ3n) is 3.45. The van der Waals surface area contributed by atoms with E-state index >= 15 is 0 Å². The lowest BCUT2D eigenvalue weighted by Gasteiger charge is -2.05. The maximum Gasteiger partial charge on any atom is 0.247 e. The number of carbonyl (C=O) groups excluding carboxylic acids is 1. The largest absolute Gasteiger partial charge is 0.419 e. The van der Waals surface area contributed by atoms with Crippen molar-refractivity contribution in [3.05, 3.63) is 66.1 Å². The minimum Gasteiger partial charge on any atom is -0.419 e. The number of sulfonamides is 1. The molecule has 0 saturated carbocycles. The van der Waals surface area contributed by atoms with Crippen molar-refractivity contribution < 1.29 is 17.6 Å². The second-order valence-electron chi connectivity index (χ2n) is 5.28. The van der Waals surface area contributed by atoms with Gasteiger partial charge in [0.2, 0.25) is 21.8 Å². The summed E-state index contributed by atoms with van der Waals surface area (Å²) in [5.74, 6) is 0.250. The van der Waals surface area contributed by atoms with Crippen molar-refractivity contribution in [3.63, 3.8) is 0 Å². The van der Waals surface area contributed by atoms with Gasteiger partial charge in [0.1, 0.15) is 0 Å². The zero-order valence-corrected chi connectivity index (χ0v) is 14.2. The highest BCUT2D eigenvalue weighted by Gasteiger charge is 2.17. The summed E-state index contributed by atoms with van der Waals surface area (Å²) in [7, 11) is -3.80. The molecule has 0 spiro atoms. The van der Waals surface area contributed by atoms with Gasteiger partial charge in [-0.25, -0.2) is 13.1 Å². The molecule has 1 N–H and O–H groups in total. The Morgan fingerprint density at radius 3 is 2.56 bits per heavy atom. The fraction of sp³-hybridized carbons (Fsp3) is 0.118. The van der Waals surface area contributed by atoms with Crippen LogP contribution in [0.5, 0.6) is 0 Å². The maximum atomic E-state index is 12.3. The number of hydrogen-bond donors (Lipinski definition) is 1. The Morgan fingerprint density at radius 2 is 1.84 bits per heavy atom. The lowest BCUT2D eigenvalue weighted by Crippen LogP contribution is -2.23. The van der Waals surface area contributed by atoms with Gasteiger partial charge >= 0.3 is 0 Å². The van der Waals surface area contributed by atoms with Crippen LogP contribution in [-0.2, 0) is 16.6 Å². The van der Waals surface area contributed by atoms with Crippen molar-refractivity contribution in [2.75, 3.05) is 0 Å². The lowest BCUT2D eigenvalue weighted by molar-refractivity contribution is 0.101. The molecular formula is C17H15N3O4S. The highest BCUT2D eigenvalue weighted by atomic mass is 32.2. The van der Waals surface area contributed by atoms with E-state index < -0.39 is 10.0 Å². The number of ketones is 1. The van der Waals surface area contributed by atoms with Crippen LogP contribution in [0.2, 0.25) is 0 Å². The maximum absolute atomic E-state index is 12.3. The van der Waals surface area contributed by atoms with Crippen LogP contribution in [0.25, 0.3) is 11.5 Å². The monoisotopic (exact) mass is 357 g/mol. The van der Waals surface area contributed by atoms with Crippen LogP contribution in [0.3, 0.4) is 0 Å². The number of Topliss-reactive ketones (excluding diaryl/α,β-unsaturated/α-hetero) is 1. The predicted octanol–water partition coefficient (Wildman–Crippen LogP) is 2.42. The Balaban J connectivity index is 1.74. The van der Waals surface area contributed by atoms with Crippen LogP contribution >= 0.6 is 0 Å². The first-order chi connectivity index (χ1) is 12.0. The highest BCUT2D eigenvalue weighted by Crippen LogP contribution is 2.17. The van der Waals surface area contributed by atoms with Gasteiger partial charge in [-0.1, -0.05) is 30.3 Å². The second kappa shape index (κ2) is 6.96. The molecule has 1 aromatic heterocycles. The number of benzene rings is 2. The van der Waals surface area contributed by atoms with Gasteiger partial charge < -0.3 is 4.42 Å². The average Bonchev–Trinajstić information content (AvgIpc) is 3.10. The number of rotatable bonds is 6. The van der Waals surface area contributed by atoms with Crippen molar-refractivity contribution >= 4 is 15.8 Å². The summed E-state index contributed by atoms with van der Waals surface area (Å²) in [6.45, 7) is 1.23. The Morgan fingerprint density at radius 1 is 1.08 bits per heavy atom. The zero-order valence-electron chi connectivity index (χ0n) is 13.3. The smallest absolute Gasteiger partial charge is 0.247 e. The molecular weight excluding hydrogens is 342 g/mol. The SMILES string of the molecule is CC(=O)c1cccc(S(=O)(=O)NCc2nnc(-c3ccccc3)o2)c1. The molecule has 25 heavy (non-hydrogen) atoms. The summed E-state index contributed by atoms with van der Waals surface area (Å²) < 4.78 is 32.5. The third-order valence-corrected chi connectivity index (χ3v) is 4.85. The van der Waals surface area contributed by atoms with E-state index in [4.69, 9.17) is 4.42 Å². The Hall–Kier alpha value is -2.84. The van der Waals surface area contributed by atoms with Crippen LogP contribution < -0.4 is 4.72 Å². The van der Waals surface area contributed by atoms with E-state index in [0.29, 0.717) is 11.5 Å². The van der Waals surface area contributed by atoms with E-state index in [0.717, 1.165) is 5.56 Å². The lowest BCUT2D eigenvalue weighted by atomic mass is 10.2. The molecule has 8 heteroatoms. The van der Waals surface area contributed by atoms with E-state index in [1.54, 1.807) is 6.07 Å². The number of nitrogens with zero attached hydrogens (tertiary/aromatic N) is 2. The highest BCUT2D eigenvalue weighted by molar-refractivity contribution is 7.89. The van der Waals surface area contributed by atoms with E-state index in [2.05, 4.69) is 14.9 Å². The molecule has 0 radical (unpaired) electrons. The van der Waals surface area contributed by atoms with Crippen molar-refractivity contribution in [1.29, 1.82) is 0 Å². The van der Waals surface area contributed by atoms with Crippen molar-refractivity contribution in [2.24, 2.45) is 0 Å². The fourth-order valence-electron chi connectivity index (χ4n) is 2.14. The average molecular weight is 357 g/mol. The van der Waals surface area contributed by atoms with Crippen molar-refractivity contribution in [3.8, 4) is 11.5 Å². The first-order valence-electron chi connectivity index (χ1n) is 7.44. The zero-order chi connectivity index (χ0) is 17.9. The van der Waals surface area contributed by atoms with Crippen LogP contribution in [-0.4, -0.2) is 24.4 Å². The summed E-state index contributed by atoms with van der Waals surface area (Å²) in [4.78, 5) is 11.4. The number of hydrogen-bond acceptors (Lipinski definition) is 6. The molecule has 0 bridgehead atoms. The van der Waals surface area contributed by atoms with E-state index in [-0.39, 0.29) is 23.1 Å². The summed E-state index contributed by atoms with van der Waals surface area (Å²) in [5.41, 5.74) is 1.07. The van der Waals surface area contributed by atoms with Gasteiger partial charge in [-0.2, -0.15) is 0 Å². The molecule has 7 nitrogen and oxygen atoms in total. The van der Waals surface area contributed by atoms with Gasteiger partial charge in [0.25, 0.3) is 0 Å². The van der Waals surface area contributed by atoms with E-state index in [1.807, 2.05) is 30.3 Å². The normalized spacial score (nSPS) is 11.4. The number of nitrogens with one attached hydrogen (secondary N) is 1. The van der Waals surface area contributed by atoms with Crippen LogP contribution in [0.4, 0.5) is 0 Å². The topological polar surface area (TPSA) is 102 Å². The van der Waals surface area contributed by atoms with Gasteiger partial charge in [0.05, 0.1) is 11.4 Å². The molecule has 0 atom stereocenters. The van der Waals surface area contributed by atoms with Gasteiger partial charge in [-0.3, -0.25) is 4.79 Å². The van der Waals surface area contributed by atoms with Crippen molar-refractivity contribution in [2.45, 2.75) is 18.4 Å². The summed E-state index contributed by atoms with van der Waals surface area (Å²) in [6, 6.07) is 15.0. The van der Waals surface area contributed by atoms with Crippen molar-refractivity contribution in [1.82, 2.24) is 14.9 Å². The Labute approximate surface area is 144 Å². The molecule has 1 heterocycles. The van der Waals surface area contributed by atoms with E-state index in [1.165, 1.54) is 25.1 Å². The standard InChI is InChI=1S/C17H15N3O4S/c1-12(21)14-8-5-9-15(10-14)25(22,23)18-11-16-19-20-17(24-16)13-6-3-2-4-7-13/h2-10,18H,11H2,1H3. The molecule has 0 unspecified atom stereocenters. The minimum absolute atomic E-state index is 0.00278. The molecule has 0 aliphatic rings. The number of carbonyl (C=O) groups is 1. The molecule has 3 aromatic rings. The first kappa shape index (κ1) is 17.0. The van der Waals surface area contributed by atoms with Crippen LogP contribution in [0.15, 0.2) is 63.9 Å². The quantitative estimate of drug-likeness (QED) is 0.680. The minimum atomic E-state index is -3.80. The molecule has 3 rings (SSSR count). The van der Waals surface area contributed by atoms with Gasteiger partial charge in [0.15, 0.2) is 5.78 Å². The van der Waals surface area contributed by atoms with Gasteiger partial charge in [0, 0.05) is 11.1 Å². The first-order valence-corrected chi connectivity index (χ1v) is 8.92. The molecule has 0 fully saturated rings. The molecule has 0 saturated heterocycles. The predicted molar refractivity (Wildman–Crippen MR) is 90.2 cm³/mol. The van der Waals surface area contributed by atoms with Crippen LogP contribution in [0, 0.1) is 0 Å². The summed E-state index contributed by atoms with van der Waals surface area (Å²) in [6.07, 6.45) is 0. The van der Waals surface area contributed by atoms with Crippen LogP contribution in [0.1, 0.15) is 23.2 Å². The summed E-state index contributed by atoms with van der Waals surface area (Å²) in [5, 5.41) is 7.74. The third kappa shape index (κ3) is 3.98. The van der Waals surface area contributed by atoms with Gasteiger partial charge in [-0.05, 0) is 31.2 Å².